The van der Waals surface area contributed by atoms with Gasteiger partial charge in [-0.2, -0.15) is 0 Å². The Morgan fingerprint density at radius 2 is 1.86 bits per heavy atom. The van der Waals surface area contributed by atoms with Gasteiger partial charge in [0, 0.05) is 7.11 Å². The van der Waals surface area contributed by atoms with Gasteiger partial charge in [-0.05, 0) is 20.8 Å². The molecule has 0 radical (unpaired) electrons. The van der Waals surface area contributed by atoms with Crippen molar-refractivity contribution in [3.05, 3.63) is 0 Å². The lowest BCUT2D eigenvalue weighted by Crippen LogP contribution is -2.67. The molecule has 1 rings (SSSR count). The molecule has 0 aromatic rings. The van der Waals surface area contributed by atoms with Gasteiger partial charge in [-0.3, -0.25) is 20.2 Å². The first-order chi connectivity index (χ1) is 6.38. The predicted molar refractivity (Wildman–Crippen MR) is 50.6 cm³/mol. The fourth-order valence-corrected chi connectivity index (χ4v) is 1.34. The predicted octanol–water partition coefficient (Wildman–Crippen LogP) is -0.585. The first-order valence-electron chi connectivity index (χ1n) is 4.54. The number of methoxy groups -OCH3 is 1. The summed E-state index contributed by atoms with van der Waals surface area (Å²) in [7, 11) is 1.54. The van der Waals surface area contributed by atoms with Crippen molar-refractivity contribution in [2.75, 3.05) is 7.11 Å². The van der Waals surface area contributed by atoms with Crippen LogP contribution >= 0.6 is 0 Å². The van der Waals surface area contributed by atoms with E-state index in [4.69, 9.17) is 4.74 Å². The van der Waals surface area contributed by atoms with E-state index < -0.39 is 11.6 Å². The smallest absolute Gasteiger partial charge is 0.246 e. The molecule has 1 saturated heterocycles. The van der Waals surface area contributed by atoms with Crippen LogP contribution < -0.4 is 10.6 Å². The van der Waals surface area contributed by atoms with Crippen LogP contribution in [0.4, 0.5) is 0 Å². The van der Waals surface area contributed by atoms with Gasteiger partial charge < -0.3 is 4.74 Å². The van der Waals surface area contributed by atoms with Crippen LogP contribution in [0.15, 0.2) is 0 Å². The van der Waals surface area contributed by atoms with Crippen molar-refractivity contribution < 1.29 is 14.3 Å². The van der Waals surface area contributed by atoms with Crippen LogP contribution in [0, 0.1) is 0 Å². The zero-order valence-corrected chi connectivity index (χ0v) is 8.88. The highest BCUT2D eigenvalue weighted by atomic mass is 16.5. The summed E-state index contributed by atoms with van der Waals surface area (Å²) in [6.45, 7) is 5.31. The second kappa shape index (κ2) is 3.67. The summed E-state index contributed by atoms with van der Waals surface area (Å²) in [6.07, 6.45) is 0. The summed E-state index contributed by atoms with van der Waals surface area (Å²) < 4.78 is 5.20. The average Bonchev–Trinajstić information content (AvgIpc) is 2.11. The molecule has 0 bridgehead atoms. The van der Waals surface area contributed by atoms with Crippen LogP contribution in [0.25, 0.3) is 0 Å². The largest absolute Gasteiger partial charge is 0.377 e. The monoisotopic (exact) mass is 200 g/mol. The maximum absolute atomic E-state index is 11.5. The number of hydrogen-bond acceptors (Lipinski definition) is 4. The molecule has 1 heterocycles. The Morgan fingerprint density at radius 1 is 1.29 bits per heavy atom. The lowest BCUT2D eigenvalue weighted by Gasteiger charge is -2.37. The molecule has 0 aromatic carbocycles. The molecule has 80 valence electrons. The van der Waals surface area contributed by atoms with Gasteiger partial charge in [0.2, 0.25) is 11.8 Å². The van der Waals surface area contributed by atoms with E-state index in [9.17, 15) is 9.59 Å². The van der Waals surface area contributed by atoms with Crippen LogP contribution in [0.2, 0.25) is 0 Å². The molecule has 0 saturated carbocycles. The van der Waals surface area contributed by atoms with E-state index in [1.54, 1.807) is 20.8 Å². The van der Waals surface area contributed by atoms with E-state index in [0.29, 0.717) is 0 Å². The van der Waals surface area contributed by atoms with E-state index in [-0.39, 0.29) is 17.9 Å². The van der Waals surface area contributed by atoms with Gasteiger partial charge in [0.05, 0.1) is 11.6 Å². The summed E-state index contributed by atoms with van der Waals surface area (Å²) in [5.41, 5.74) is -0.626. The summed E-state index contributed by atoms with van der Waals surface area (Å²) in [6, 6.07) is -0.868. The molecule has 2 unspecified atom stereocenters. The molecule has 0 aliphatic carbocycles. The van der Waals surface area contributed by atoms with Gasteiger partial charge in [-0.25, -0.2) is 0 Å². The van der Waals surface area contributed by atoms with E-state index in [1.165, 1.54) is 7.11 Å². The summed E-state index contributed by atoms with van der Waals surface area (Å²) in [4.78, 5) is 22.6. The van der Waals surface area contributed by atoms with Crippen LogP contribution in [0.1, 0.15) is 20.8 Å². The highest BCUT2D eigenvalue weighted by molar-refractivity contribution is 6.03. The summed E-state index contributed by atoms with van der Waals surface area (Å²) in [5.74, 6) is -0.627. The average molecular weight is 200 g/mol. The first kappa shape index (κ1) is 11.1. The minimum Gasteiger partial charge on any atom is -0.377 e. The fraction of sp³-hybridized carbons (Fsp3) is 0.778. The Labute approximate surface area is 83.2 Å². The summed E-state index contributed by atoms with van der Waals surface area (Å²) in [5, 5.41) is 5.22. The number of amides is 2. The number of nitrogens with one attached hydrogen (secondary N) is 2. The molecular weight excluding hydrogens is 184 g/mol. The molecule has 2 N–H and O–H groups in total. The van der Waals surface area contributed by atoms with Gasteiger partial charge in [-0.1, -0.05) is 0 Å². The van der Waals surface area contributed by atoms with Gasteiger partial charge >= 0.3 is 0 Å². The molecule has 2 atom stereocenters. The van der Waals surface area contributed by atoms with Crippen molar-refractivity contribution in [2.45, 2.75) is 38.5 Å². The number of carbonyl (C=O) groups is 2. The molecule has 1 aliphatic heterocycles. The van der Waals surface area contributed by atoms with Crippen LogP contribution in [0.5, 0.6) is 0 Å². The topological polar surface area (TPSA) is 67.4 Å². The molecule has 0 aromatic heterocycles. The maximum Gasteiger partial charge on any atom is 0.246 e. The molecular formula is C9H16N2O3. The van der Waals surface area contributed by atoms with E-state index >= 15 is 0 Å². The highest BCUT2D eigenvalue weighted by Crippen LogP contribution is 2.16. The highest BCUT2D eigenvalue weighted by Gasteiger charge is 2.41. The minimum absolute atomic E-state index is 0.293. The van der Waals surface area contributed by atoms with Gasteiger partial charge in [-0.15, -0.1) is 0 Å². The Kier molecular flexibility index (Phi) is 2.92. The lowest BCUT2D eigenvalue weighted by molar-refractivity contribution is -0.142. The third-order valence-corrected chi connectivity index (χ3v) is 2.54. The number of piperazine rings is 1. The lowest BCUT2D eigenvalue weighted by atomic mass is 9.95. The second-order valence-electron chi connectivity index (χ2n) is 3.98. The normalized spacial score (nSPS) is 28.9. The van der Waals surface area contributed by atoms with E-state index in [0.717, 1.165) is 0 Å². The molecule has 1 fully saturated rings. The number of imide groups is 1. The quantitative estimate of drug-likeness (QED) is 0.585. The van der Waals surface area contributed by atoms with Gasteiger partial charge in [0.25, 0.3) is 0 Å². The zero-order valence-electron chi connectivity index (χ0n) is 8.88. The van der Waals surface area contributed by atoms with Gasteiger partial charge in [0.1, 0.15) is 6.04 Å². The molecule has 5 heteroatoms. The molecule has 0 spiro atoms. The van der Waals surface area contributed by atoms with E-state index in [2.05, 4.69) is 10.6 Å². The van der Waals surface area contributed by atoms with Crippen molar-refractivity contribution in [3.8, 4) is 0 Å². The Morgan fingerprint density at radius 3 is 2.36 bits per heavy atom. The zero-order chi connectivity index (χ0) is 10.9. The standard InChI is InChI=1S/C9H16N2O3/c1-5-7(12)11-8(13)6(10-5)9(2,3)14-4/h5-6,10H,1-4H3,(H,11,12,13). The Hall–Kier alpha value is -0.940. The Bertz CT molecular complexity index is 263. The van der Waals surface area contributed by atoms with Crippen LogP contribution in [0.3, 0.4) is 0 Å². The van der Waals surface area contributed by atoms with Gasteiger partial charge in [0.15, 0.2) is 0 Å². The van der Waals surface area contributed by atoms with Crippen molar-refractivity contribution >= 4 is 11.8 Å². The van der Waals surface area contributed by atoms with Crippen molar-refractivity contribution in [3.63, 3.8) is 0 Å². The number of ether oxygens (including phenoxy) is 1. The number of carbonyl (C=O) groups excluding carboxylic acids is 2. The molecule has 5 nitrogen and oxygen atoms in total. The minimum atomic E-state index is -0.626. The van der Waals surface area contributed by atoms with Crippen LogP contribution in [-0.4, -0.2) is 36.6 Å². The summed E-state index contributed by atoms with van der Waals surface area (Å²) >= 11 is 0. The first-order valence-corrected chi connectivity index (χ1v) is 4.54. The van der Waals surface area contributed by atoms with Crippen molar-refractivity contribution in [2.24, 2.45) is 0 Å². The maximum atomic E-state index is 11.5. The fourth-order valence-electron chi connectivity index (χ4n) is 1.34. The van der Waals surface area contributed by atoms with Crippen molar-refractivity contribution in [1.82, 2.24) is 10.6 Å². The molecule has 14 heavy (non-hydrogen) atoms. The third kappa shape index (κ3) is 1.93. The molecule has 1 aliphatic rings. The van der Waals surface area contributed by atoms with Crippen LogP contribution in [-0.2, 0) is 14.3 Å². The van der Waals surface area contributed by atoms with E-state index in [1.807, 2.05) is 0 Å². The Balaban J connectivity index is 2.81. The van der Waals surface area contributed by atoms with Crippen molar-refractivity contribution in [1.29, 1.82) is 0 Å². The third-order valence-electron chi connectivity index (χ3n) is 2.54. The number of hydrogen-bond donors (Lipinski definition) is 2. The second-order valence-corrected chi connectivity index (χ2v) is 3.98. The molecule has 2 amide bonds. The SMILES string of the molecule is COC(C)(C)C1NC(C)C(=O)NC1=O. The number of rotatable bonds is 2.